The van der Waals surface area contributed by atoms with E-state index in [1.54, 1.807) is 4.90 Å². The number of alkyl halides is 2. The monoisotopic (exact) mass is 451 g/mol. The molecule has 1 aromatic rings. The molecule has 6 nitrogen and oxygen atoms in total. The van der Waals surface area contributed by atoms with Crippen LogP contribution in [0.1, 0.15) is 25.7 Å². The molecule has 1 N–H and O–H groups in total. The van der Waals surface area contributed by atoms with E-state index in [2.05, 4.69) is 5.32 Å². The molecule has 0 spiro atoms. The third kappa shape index (κ3) is 5.50. The number of rotatable bonds is 6. The fraction of sp³-hybridized carbons (Fsp3) is 0.632. The van der Waals surface area contributed by atoms with Crippen molar-refractivity contribution in [1.82, 2.24) is 14.5 Å². The number of carbonyl (C=O) groups is 1. The first-order chi connectivity index (χ1) is 14.2. The number of benzene rings is 1. The van der Waals surface area contributed by atoms with Crippen molar-refractivity contribution in [3.8, 4) is 0 Å². The zero-order chi connectivity index (χ0) is 21.9. The van der Waals surface area contributed by atoms with Crippen LogP contribution in [0.25, 0.3) is 0 Å². The van der Waals surface area contributed by atoms with Gasteiger partial charge in [0, 0.05) is 38.1 Å². The number of hydrogen-bond donors (Lipinski definition) is 1. The van der Waals surface area contributed by atoms with Crippen LogP contribution in [0.3, 0.4) is 0 Å². The molecule has 2 heterocycles. The molecule has 0 aliphatic carbocycles. The first kappa shape index (κ1) is 23.0. The number of nitrogens with one attached hydrogen (secondary N) is 1. The van der Waals surface area contributed by atoms with Crippen molar-refractivity contribution >= 4 is 15.9 Å². The van der Waals surface area contributed by atoms with E-state index in [1.165, 1.54) is 0 Å². The maximum Gasteiger partial charge on any atom is 0.251 e. The van der Waals surface area contributed by atoms with Gasteiger partial charge in [0.25, 0.3) is 6.43 Å². The van der Waals surface area contributed by atoms with Crippen molar-refractivity contribution in [2.24, 2.45) is 5.92 Å². The summed E-state index contributed by atoms with van der Waals surface area (Å²) in [5, 5.41) is 2.93. The average molecular weight is 451 g/mol. The summed E-state index contributed by atoms with van der Waals surface area (Å²) in [4.78, 5) is 13.5. The Labute approximate surface area is 173 Å². The second kappa shape index (κ2) is 9.61. The molecule has 3 rings (SSSR count). The van der Waals surface area contributed by atoms with Crippen LogP contribution in [0.15, 0.2) is 23.1 Å². The number of carbonyl (C=O) groups excluding carboxylic acids is 1. The number of amides is 1. The zero-order valence-electron chi connectivity index (χ0n) is 16.4. The van der Waals surface area contributed by atoms with Gasteiger partial charge in [-0.1, -0.05) is 0 Å². The highest BCUT2D eigenvalue weighted by atomic mass is 32.2. The Morgan fingerprint density at radius 2 is 1.70 bits per heavy atom. The average Bonchev–Trinajstić information content (AvgIpc) is 2.71. The molecular weight excluding hydrogens is 426 g/mol. The lowest BCUT2D eigenvalue weighted by Crippen LogP contribution is -2.49. The van der Waals surface area contributed by atoms with Crippen LogP contribution in [0.2, 0.25) is 0 Å². The van der Waals surface area contributed by atoms with Gasteiger partial charge in [0.2, 0.25) is 15.9 Å². The third-order valence-electron chi connectivity index (χ3n) is 5.67. The third-order valence-corrected chi connectivity index (χ3v) is 7.58. The van der Waals surface area contributed by atoms with Gasteiger partial charge in [0.15, 0.2) is 0 Å². The van der Waals surface area contributed by atoms with Crippen molar-refractivity contribution in [3.63, 3.8) is 0 Å². The normalized spacial score (nSPS) is 20.6. The minimum Gasteiger partial charge on any atom is -0.353 e. The van der Waals surface area contributed by atoms with E-state index >= 15 is 0 Å². The van der Waals surface area contributed by atoms with E-state index in [-0.39, 0.29) is 50.3 Å². The molecule has 0 bridgehead atoms. The van der Waals surface area contributed by atoms with Gasteiger partial charge in [-0.05, 0) is 43.9 Å². The Morgan fingerprint density at radius 3 is 2.30 bits per heavy atom. The van der Waals surface area contributed by atoms with Gasteiger partial charge in [-0.15, -0.1) is 0 Å². The van der Waals surface area contributed by atoms with Crippen molar-refractivity contribution in [1.29, 1.82) is 0 Å². The summed E-state index contributed by atoms with van der Waals surface area (Å²) in [6.07, 6.45) is -0.661. The lowest BCUT2D eigenvalue weighted by Gasteiger charge is -2.34. The van der Waals surface area contributed by atoms with E-state index in [0.29, 0.717) is 32.0 Å². The summed E-state index contributed by atoms with van der Waals surface area (Å²) in [5.41, 5.74) is 0. The Kier molecular flexibility index (Phi) is 7.35. The fourth-order valence-electron chi connectivity index (χ4n) is 3.95. The summed E-state index contributed by atoms with van der Waals surface area (Å²) in [6, 6.07) is 2.19. The van der Waals surface area contributed by atoms with Gasteiger partial charge < -0.3 is 5.32 Å². The highest BCUT2D eigenvalue weighted by molar-refractivity contribution is 7.89. The molecule has 2 aliphatic heterocycles. The van der Waals surface area contributed by atoms with Crippen LogP contribution in [0.4, 0.5) is 17.6 Å². The maximum atomic E-state index is 13.9. The van der Waals surface area contributed by atoms with E-state index in [0.717, 1.165) is 16.4 Å². The van der Waals surface area contributed by atoms with Crippen LogP contribution < -0.4 is 5.32 Å². The van der Waals surface area contributed by atoms with E-state index in [1.807, 2.05) is 0 Å². The molecule has 1 aromatic carbocycles. The minimum atomic E-state index is -4.19. The second-order valence-corrected chi connectivity index (χ2v) is 9.63. The van der Waals surface area contributed by atoms with Crippen molar-refractivity contribution in [2.45, 2.75) is 43.0 Å². The molecule has 0 aromatic heterocycles. The van der Waals surface area contributed by atoms with Gasteiger partial charge in [0.05, 0.1) is 6.54 Å². The molecule has 0 atom stereocenters. The lowest BCUT2D eigenvalue weighted by atomic mass is 9.96. The van der Waals surface area contributed by atoms with Crippen LogP contribution in [0.5, 0.6) is 0 Å². The standard InChI is InChI=1S/C19H25F4N3O3S/c20-14-1-2-16(21)17(11-14)30(28,29)26-9-3-13(4-10-26)19(27)24-15-5-7-25(8-6-15)12-18(22)23/h1-2,11,13,15,18H,3-10,12H2,(H,24,27). The predicted molar refractivity (Wildman–Crippen MR) is 101 cm³/mol. The summed E-state index contributed by atoms with van der Waals surface area (Å²) < 4.78 is 78.5. The van der Waals surface area contributed by atoms with Crippen LogP contribution >= 0.6 is 0 Å². The largest absolute Gasteiger partial charge is 0.353 e. The molecule has 30 heavy (non-hydrogen) atoms. The van der Waals surface area contributed by atoms with Crippen LogP contribution in [-0.4, -0.2) is 68.7 Å². The molecule has 0 saturated carbocycles. The molecule has 0 radical (unpaired) electrons. The zero-order valence-corrected chi connectivity index (χ0v) is 17.2. The predicted octanol–water partition coefficient (Wildman–Crippen LogP) is 2.21. The molecule has 2 aliphatic rings. The van der Waals surface area contributed by atoms with E-state index < -0.39 is 33.0 Å². The number of hydrogen-bond acceptors (Lipinski definition) is 4. The van der Waals surface area contributed by atoms with Gasteiger partial charge in [0.1, 0.15) is 16.5 Å². The SMILES string of the molecule is O=C(NC1CCN(CC(F)F)CC1)C1CCN(S(=O)(=O)c2cc(F)ccc2F)CC1. The van der Waals surface area contributed by atoms with Crippen molar-refractivity contribution < 1.29 is 30.8 Å². The Hall–Kier alpha value is -1.72. The van der Waals surface area contributed by atoms with Gasteiger partial charge >= 0.3 is 0 Å². The quantitative estimate of drug-likeness (QED) is 0.674. The number of halogens is 4. The molecule has 2 fully saturated rings. The van der Waals surface area contributed by atoms with Crippen molar-refractivity contribution in [3.05, 3.63) is 29.8 Å². The minimum absolute atomic E-state index is 0.0310. The first-order valence-electron chi connectivity index (χ1n) is 9.93. The molecule has 0 unspecified atom stereocenters. The highest BCUT2D eigenvalue weighted by Crippen LogP contribution is 2.26. The lowest BCUT2D eigenvalue weighted by molar-refractivity contribution is -0.127. The fourth-order valence-corrected chi connectivity index (χ4v) is 5.49. The molecule has 11 heteroatoms. The van der Waals surface area contributed by atoms with E-state index in [9.17, 15) is 30.8 Å². The summed E-state index contributed by atoms with van der Waals surface area (Å²) >= 11 is 0. The number of nitrogens with zero attached hydrogens (tertiary/aromatic N) is 2. The summed E-state index contributed by atoms with van der Waals surface area (Å²) in [6.45, 7) is 0.780. The smallest absolute Gasteiger partial charge is 0.251 e. The topological polar surface area (TPSA) is 69.7 Å². The Morgan fingerprint density at radius 1 is 1.07 bits per heavy atom. The summed E-state index contributed by atoms with van der Waals surface area (Å²) in [5.74, 6) is -2.43. The first-order valence-corrected chi connectivity index (χ1v) is 11.4. The Balaban J connectivity index is 1.50. The van der Waals surface area contributed by atoms with Crippen LogP contribution in [-0.2, 0) is 14.8 Å². The molecular formula is C19H25F4N3O3S. The van der Waals surface area contributed by atoms with Gasteiger partial charge in [-0.3, -0.25) is 9.69 Å². The van der Waals surface area contributed by atoms with E-state index in [4.69, 9.17) is 0 Å². The molecule has 1 amide bonds. The summed E-state index contributed by atoms with van der Waals surface area (Å²) in [7, 11) is -4.19. The van der Waals surface area contributed by atoms with Gasteiger partial charge in [-0.25, -0.2) is 26.0 Å². The van der Waals surface area contributed by atoms with Crippen LogP contribution in [0, 0.1) is 17.6 Å². The molecule has 2 saturated heterocycles. The number of piperidine rings is 2. The second-order valence-electron chi connectivity index (χ2n) is 7.73. The Bertz CT molecular complexity index is 853. The maximum absolute atomic E-state index is 13.9. The van der Waals surface area contributed by atoms with Crippen molar-refractivity contribution in [2.75, 3.05) is 32.7 Å². The number of likely N-dealkylation sites (tertiary alicyclic amines) is 1. The highest BCUT2D eigenvalue weighted by Gasteiger charge is 2.34. The van der Waals surface area contributed by atoms with Gasteiger partial charge in [-0.2, -0.15) is 4.31 Å². The molecule has 168 valence electrons. The number of sulfonamides is 1.